The van der Waals surface area contributed by atoms with Crippen LogP contribution in [0.2, 0.25) is 0 Å². The van der Waals surface area contributed by atoms with Gasteiger partial charge >= 0.3 is 200 Å². The van der Waals surface area contributed by atoms with E-state index in [1.165, 1.54) is 63.1 Å². The number of esters is 1. The van der Waals surface area contributed by atoms with E-state index in [1.54, 1.807) is 19.1 Å². The Morgan fingerprint density at radius 1 is 0.776 bits per heavy atom. The third-order valence-electron chi connectivity index (χ3n) is 10.0. The molecule has 0 N–H and O–H groups in total. The number of hydrogen-bond donors (Lipinski definition) is 0. The van der Waals surface area contributed by atoms with Crippen LogP contribution < -0.4 is 0 Å². The van der Waals surface area contributed by atoms with Crippen LogP contribution in [-0.2, 0) is 14.2 Å². The third-order valence-corrected chi connectivity index (χ3v) is 15.7. The normalized spacial score (nSPS) is 13.3. The van der Waals surface area contributed by atoms with E-state index in [-0.39, 0.29) is 30.4 Å². The van der Waals surface area contributed by atoms with Gasteiger partial charge in [-0.05, 0) is 22.3 Å². The van der Waals surface area contributed by atoms with Crippen LogP contribution in [0.15, 0.2) is 66.7 Å². The van der Waals surface area contributed by atoms with Gasteiger partial charge in [-0.25, -0.2) is 4.79 Å². The minimum atomic E-state index is -1.44. The summed E-state index contributed by atoms with van der Waals surface area (Å²) in [5.74, 6) is -1.16. The number of fused-ring (bicyclic) bond motifs is 3. The van der Waals surface area contributed by atoms with Gasteiger partial charge in [-0.2, -0.15) is 0 Å². The van der Waals surface area contributed by atoms with Crippen molar-refractivity contribution in [3.8, 4) is 11.1 Å². The van der Waals surface area contributed by atoms with Crippen LogP contribution in [0.1, 0.15) is 112 Å². The SMILES string of the molecule is CCCC[PH](CCCC)(CCCC)CCCOC(=O)c1ccc(C(C)COC(=O)OCC2c3ccccc3-c3ccccc32)c([N+](=O)[O-])c1. The molecule has 0 radical (unpaired) electrons. The Labute approximate surface area is 292 Å². The van der Waals surface area contributed by atoms with Crippen molar-refractivity contribution in [1.29, 1.82) is 0 Å². The molecule has 0 amide bonds. The average molecular weight is 692 g/mol. The number of nitrogens with zero attached hydrogens (tertiary/aromatic N) is 1. The van der Waals surface area contributed by atoms with E-state index >= 15 is 0 Å². The van der Waals surface area contributed by atoms with Crippen LogP contribution in [0.4, 0.5) is 10.5 Å². The van der Waals surface area contributed by atoms with Crippen molar-refractivity contribution in [1.82, 2.24) is 0 Å². The Balaban J connectivity index is 1.30. The van der Waals surface area contributed by atoms with E-state index in [0.29, 0.717) is 12.2 Å². The van der Waals surface area contributed by atoms with Gasteiger partial charge in [-0.3, -0.25) is 0 Å². The summed E-state index contributed by atoms with van der Waals surface area (Å²) in [6.45, 7) is 8.83. The van der Waals surface area contributed by atoms with Gasteiger partial charge in [0.2, 0.25) is 0 Å². The Kier molecular flexibility index (Phi) is 14.6. The van der Waals surface area contributed by atoms with E-state index in [1.807, 2.05) is 36.4 Å². The zero-order chi connectivity index (χ0) is 35.2. The number of rotatable bonds is 20. The number of carbonyl (C=O) groups excluding carboxylic acids is 2. The number of hydrogen-bond acceptors (Lipinski definition) is 7. The van der Waals surface area contributed by atoms with Crippen LogP contribution in [0.5, 0.6) is 0 Å². The van der Waals surface area contributed by atoms with E-state index in [4.69, 9.17) is 14.2 Å². The molecule has 266 valence electrons. The second-order valence-electron chi connectivity index (χ2n) is 13.6. The molecular formula is C40H54NO7P. The topological polar surface area (TPSA) is 105 Å². The number of nitro benzene ring substituents is 1. The second kappa shape index (κ2) is 18.8. The first-order valence-electron chi connectivity index (χ1n) is 18.2. The molecule has 4 rings (SSSR count). The van der Waals surface area contributed by atoms with Crippen LogP contribution >= 0.6 is 7.26 Å². The molecule has 0 aliphatic heterocycles. The molecule has 0 bridgehead atoms. The molecule has 0 aromatic heterocycles. The molecule has 1 atom stereocenters. The molecule has 0 fully saturated rings. The summed E-state index contributed by atoms with van der Waals surface area (Å²) in [6.07, 6.45) is 12.6. The number of unbranched alkanes of at least 4 members (excludes halogenated alkanes) is 3. The molecule has 9 heteroatoms. The maximum atomic E-state index is 13.0. The maximum absolute atomic E-state index is 13.0. The van der Waals surface area contributed by atoms with Crippen molar-refractivity contribution >= 4 is 25.1 Å². The molecule has 0 saturated carbocycles. The van der Waals surface area contributed by atoms with Crippen molar-refractivity contribution in [2.75, 3.05) is 44.5 Å². The van der Waals surface area contributed by atoms with Crippen molar-refractivity contribution in [2.24, 2.45) is 0 Å². The fourth-order valence-corrected chi connectivity index (χ4v) is 13.0. The van der Waals surface area contributed by atoms with Gasteiger partial charge in [0.05, 0.1) is 0 Å². The van der Waals surface area contributed by atoms with E-state index in [9.17, 15) is 19.7 Å². The van der Waals surface area contributed by atoms with Crippen molar-refractivity contribution in [2.45, 2.75) is 84.5 Å². The standard InChI is InChI=1S/C40H54NO7P/c1-5-8-23-49(24-9-6-2,25-10-7-3)26-15-22-46-39(42)31-20-21-32(38(27-31)41(44)45)30(4)28-47-40(43)48-29-37-35-18-13-11-16-33(35)34-17-12-14-19-36(34)37/h11-14,16-21,27,30,37,49H,5-10,15,22-26,28-29H2,1-4H3. The second-order valence-corrected chi connectivity index (χ2v) is 18.6. The average Bonchev–Trinajstić information content (AvgIpc) is 3.44. The van der Waals surface area contributed by atoms with Gasteiger partial charge in [0.25, 0.3) is 0 Å². The molecule has 1 aliphatic carbocycles. The first-order valence-corrected chi connectivity index (χ1v) is 21.0. The first-order chi connectivity index (χ1) is 23.7. The molecule has 0 saturated heterocycles. The van der Waals surface area contributed by atoms with Crippen molar-refractivity contribution in [3.63, 3.8) is 0 Å². The van der Waals surface area contributed by atoms with E-state index in [2.05, 4.69) is 32.9 Å². The first kappa shape index (κ1) is 38.0. The quantitative estimate of drug-likeness (QED) is 0.0382. The van der Waals surface area contributed by atoms with Gasteiger partial charge in [0.1, 0.15) is 6.61 Å². The van der Waals surface area contributed by atoms with E-state index in [0.717, 1.165) is 34.8 Å². The fraction of sp³-hybridized carbons (Fsp3) is 0.500. The van der Waals surface area contributed by atoms with Crippen molar-refractivity contribution in [3.05, 3.63) is 99.1 Å². The van der Waals surface area contributed by atoms with Crippen LogP contribution in [0.25, 0.3) is 11.1 Å². The number of ether oxygens (including phenoxy) is 3. The van der Waals surface area contributed by atoms with Crippen LogP contribution in [0.3, 0.4) is 0 Å². The zero-order valence-electron chi connectivity index (χ0n) is 29.7. The van der Waals surface area contributed by atoms with Crippen LogP contribution in [-0.4, -0.2) is 61.5 Å². The monoisotopic (exact) mass is 691 g/mol. The van der Waals surface area contributed by atoms with Gasteiger partial charge in [-0.15, -0.1) is 0 Å². The Hall–Kier alpha value is -3.77. The molecule has 8 nitrogen and oxygen atoms in total. The third kappa shape index (κ3) is 10.1. The zero-order valence-corrected chi connectivity index (χ0v) is 30.7. The number of benzene rings is 3. The molecular weight excluding hydrogens is 637 g/mol. The molecule has 0 spiro atoms. The Morgan fingerprint density at radius 3 is 1.88 bits per heavy atom. The molecule has 3 aromatic carbocycles. The predicted molar refractivity (Wildman–Crippen MR) is 200 cm³/mol. The summed E-state index contributed by atoms with van der Waals surface area (Å²) in [7, 11) is -1.44. The molecule has 1 unspecified atom stereocenters. The summed E-state index contributed by atoms with van der Waals surface area (Å²) in [5.41, 5.74) is 4.76. The predicted octanol–water partition coefficient (Wildman–Crippen LogP) is 10.4. The summed E-state index contributed by atoms with van der Waals surface area (Å²) < 4.78 is 16.6. The molecule has 1 aliphatic rings. The van der Waals surface area contributed by atoms with Gasteiger partial charge in [0, 0.05) is 5.92 Å². The number of nitro groups is 1. The summed E-state index contributed by atoms with van der Waals surface area (Å²) in [6, 6.07) is 20.5. The van der Waals surface area contributed by atoms with Gasteiger partial charge < -0.3 is 4.74 Å². The Bertz CT molecular complexity index is 1490. The molecule has 3 aromatic rings. The minimum absolute atomic E-state index is 0.0986. The Morgan fingerprint density at radius 2 is 1.33 bits per heavy atom. The molecule has 49 heavy (non-hydrogen) atoms. The van der Waals surface area contributed by atoms with Gasteiger partial charge in [0.15, 0.2) is 0 Å². The van der Waals surface area contributed by atoms with E-state index < -0.39 is 30.2 Å². The number of carbonyl (C=O) groups is 2. The summed E-state index contributed by atoms with van der Waals surface area (Å²) in [5, 5.41) is 12.0. The van der Waals surface area contributed by atoms with Crippen LogP contribution in [0, 0.1) is 10.1 Å². The molecule has 0 heterocycles. The van der Waals surface area contributed by atoms with Crippen molar-refractivity contribution < 1.29 is 28.7 Å². The summed E-state index contributed by atoms with van der Waals surface area (Å²) in [4.78, 5) is 37.1. The fourth-order valence-electron chi connectivity index (χ4n) is 7.26. The summed E-state index contributed by atoms with van der Waals surface area (Å²) >= 11 is 0. The van der Waals surface area contributed by atoms with Gasteiger partial charge in [-0.1, -0.05) is 48.5 Å².